The van der Waals surface area contributed by atoms with Crippen LogP contribution in [0.15, 0.2) is 0 Å². The predicted octanol–water partition coefficient (Wildman–Crippen LogP) is -0.726. The molecule has 1 unspecified atom stereocenters. The summed E-state index contributed by atoms with van der Waals surface area (Å²) < 4.78 is 23.1. The summed E-state index contributed by atoms with van der Waals surface area (Å²) in [6.45, 7) is 0. The van der Waals surface area contributed by atoms with Crippen molar-refractivity contribution in [3.63, 3.8) is 0 Å². The smallest absolute Gasteiger partial charge is 0.106 e. The van der Waals surface area contributed by atoms with Crippen LogP contribution in [0.4, 0.5) is 0 Å². The maximum absolute atomic E-state index is 9.55. The minimum atomic E-state index is -2.42. The third-order valence-electron chi connectivity index (χ3n) is 0.210. The van der Waals surface area contributed by atoms with Crippen LogP contribution in [-0.4, -0.2) is 27.9 Å². The normalized spacial score (nSPS) is 14.9. The Labute approximate surface area is 44.5 Å². The van der Waals surface area contributed by atoms with E-state index in [0.717, 1.165) is 5.06 Å². The van der Waals surface area contributed by atoms with Crippen molar-refractivity contribution in [2.45, 2.75) is 0 Å². The highest BCUT2D eigenvalue weighted by Gasteiger charge is 1.83. The van der Waals surface area contributed by atoms with Crippen molar-refractivity contribution in [2.75, 3.05) is 14.1 Å². The van der Waals surface area contributed by atoms with Crippen molar-refractivity contribution >= 4 is 11.4 Å². The van der Waals surface area contributed by atoms with Crippen molar-refractivity contribution in [3.8, 4) is 0 Å². The first-order valence-electron chi connectivity index (χ1n) is 1.58. The quantitative estimate of drug-likeness (QED) is 0.360. The van der Waals surface area contributed by atoms with Crippen LogP contribution >= 0.6 is 0 Å². The number of hydrogen-bond donors (Lipinski definition) is 0. The first kappa shape index (κ1) is 7.03. The largest absolute Gasteiger partial charge is 0.748 e. The van der Waals surface area contributed by atoms with Crippen LogP contribution in [0.1, 0.15) is 0 Å². The van der Waals surface area contributed by atoms with Gasteiger partial charge in [0.05, 0.1) is 0 Å². The highest BCUT2D eigenvalue weighted by Crippen LogP contribution is 1.78. The van der Waals surface area contributed by atoms with Gasteiger partial charge in [0.15, 0.2) is 0 Å². The maximum atomic E-state index is 9.55. The Bertz CT molecular complexity index is 73.3. The van der Waals surface area contributed by atoms with Gasteiger partial charge in [-0.2, -0.15) is 5.06 Å². The average Bonchev–Trinajstić information content (AvgIpc) is 1.27. The van der Waals surface area contributed by atoms with Gasteiger partial charge in [-0.15, -0.1) is 0 Å². The molecule has 0 N–H and O–H groups in total. The first-order valence-corrected chi connectivity index (χ1v) is 2.58. The fraction of sp³-hybridized carbons (Fsp3) is 1.00. The molecule has 0 radical (unpaired) electrons. The second kappa shape index (κ2) is 3.09. The summed E-state index contributed by atoms with van der Waals surface area (Å²) in [4.78, 5) is 0. The molecule has 4 nitrogen and oxygen atoms in total. The van der Waals surface area contributed by atoms with Crippen molar-refractivity contribution < 1.29 is 13.0 Å². The van der Waals surface area contributed by atoms with Gasteiger partial charge in [0.1, 0.15) is 11.4 Å². The Morgan fingerprint density at radius 2 is 2.14 bits per heavy atom. The van der Waals surface area contributed by atoms with E-state index in [1.54, 1.807) is 0 Å². The van der Waals surface area contributed by atoms with Crippen molar-refractivity contribution in [1.82, 2.24) is 5.06 Å². The Morgan fingerprint density at radius 3 is 2.14 bits per heavy atom. The molecule has 0 rings (SSSR count). The highest BCUT2D eigenvalue weighted by atomic mass is 32.2. The molecule has 0 aromatic rings. The Morgan fingerprint density at radius 1 is 1.71 bits per heavy atom. The molecule has 0 fully saturated rings. The van der Waals surface area contributed by atoms with Crippen LogP contribution in [0.2, 0.25) is 0 Å². The molecule has 0 heterocycles. The van der Waals surface area contributed by atoms with Gasteiger partial charge in [-0.3, -0.25) is 0 Å². The molecule has 0 aliphatic rings. The topological polar surface area (TPSA) is 52.6 Å². The molecular weight excluding hydrogens is 118 g/mol. The number of nitrogens with zero attached hydrogens (tertiary/aromatic N) is 1. The first-order chi connectivity index (χ1) is 3.13. The van der Waals surface area contributed by atoms with Crippen LogP contribution in [0.3, 0.4) is 0 Å². The van der Waals surface area contributed by atoms with E-state index in [2.05, 4.69) is 4.28 Å². The van der Waals surface area contributed by atoms with Crippen molar-refractivity contribution in [3.05, 3.63) is 0 Å². The molecule has 0 aromatic carbocycles. The van der Waals surface area contributed by atoms with Gasteiger partial charge in [0.2, 0.25) is 0 Å². The van der Waals surface area contributed by atoms with Gasteiger partial charge in [-0.05, 0) is 0 Å². The molecule has 0 saturated carbocycles. The summed E-state index contributed by atoms with van der Waals surface area (Å²) in [6, 6.07) is 0. The molecule has 0 amide bonds. The van der Waals surface area contributed by atoms with E-state index in [1.165, 1.54) is 14.1 Å². The van der Waals surface area contributed by atoms with Gasteiger partial charge in [0, 0.05) is 14.1 Å². The Hall–Kier alpha value is 0.0300. The van der Waals surface area contributed by atoms with E-state index in [1.807, 2.05) is 0 Å². The molecule has 0 saturated heterocycles. The average molecular weight is 124 g/mol. The third-order valence-corrected chi connectivity index (χ3v) is 0.630. The third kappa shape index (κ3) is 6.03. The van der Waals surface area contributed by atoms with Crippen LogP contribution in [0, 0.1) is 0 Å². The minimum absolute atomic E-state index is 1.09. The SMILES string of the molecule is CN(C)OS(=O)[O-]. The van der Waals surface area contributed by atoms with Crippen LogP contribution < -0.4 is 0 Å². The van der Waals surface area contributed by atoms with Gasteiger partial charge in [-0.1, -0.05) is 0 Å². The summed E-state index contributed by atoms with van der Waals surface area (Å²) in [7, 11) is 2.96. The zero-order chi connectivity index (χ0) is 5.86. The molecule has 0 aliphatic carbocycles. The summed E-state index contributed by atoms with van der Waals surface area (Å²) in [5.74, 6) is 0. The number of hydrogen-bond acceptors (Lipinski definition) is 4. The van der Waals surface area contributed by atoms with Crippen molar-refractivity contribution in [1.29, 1.82) is 0 Å². The van der Waals surface area contributed by atoms with Crippen molar-refractivity contribution in [2.24, 2.45) is 0 Å². The zero-order valence-electron chi connectivity index (χ0n) is 4.08. The van der Waals surface area contributed by atoms with Gasteiger partial charge in [0.25, 0.3) is 0 Å². The molecule has 44 valence electrons. The summed E-state index contributed by atoms with van der Waals surface area (Å²) >= 11 is -2.42. The van der Waals surface area contributed by atoms with E-state index in [9.17, 15) is 8.76 Å². The van der Waals surface area contributed by atoms with Gasteiger partial charge < -0.3 is 4.55 Å². The molecule has 0 spiro atoms. The lowest BCUT2D eigenvalue weighted by molar-refractivity contribution is 0.00208. The lowest BCUT2D eigenvalue weighted by Crippen LogP contribution is -2.13. The van der Waals surface area contributed by atoms with Gasteiger partial charge in [-0.25, -0.2) is 8.49 Å². The maximum Gasteiger partial charge on any atom is 0.106 e. The second-order valence-electron chi connectivity index (χ2n) is 1.09. The lowest BCUT2D eigenvalue weighted by Gasteiger charge is -2.09. The zero-order valence-corrected chi connectivity index (χ0v) is 4.90. The molecule has 0 aliphatic heterocycles. The Kier molecular flexibility index (Phi) is 3.10. The molecule has 5 heteroatoms. The van der Waals surface area contributed by atoms with E-state index >= 15 is 0 Å². The molecule has 0 aromatic heterocycles. The summed E-state index contributed by atoms with van der Waals surface area (Å²) in [6.07, 6.45) is 0. The van der Waals surface area contributed by atoms with E-state index in [-0.39, 0.29) is 0 Å². The summed E-state index contributed by atoms with van der Waals surface area (Å²) in [5.41, 5.74) is 0. The molecular formula is C2H6NO3S-. The second-order valence-corrected chi connectivity index (χ2v) is 1.65. The van der Waals surface area contributed by atoms with E-state index in [0.29, 0.717) is 0 Å². The highest BCUT2D eigenvalue weighted by molar-refractivity contribution is 7.74. The van der Waals surface area contributed by atoms with E-state index in [4.69, 9.17) is 0 Å². The fourth-order valence-corrected chi connectivity index (χ4v) is 0.365. The molecule has 0 bridgehead atoms. The Balaban J connectivity index is 3.13. The van der Waals surface area contributed by atoms with Crippen LogP contribution in [0.25, 0.3) is 0 Å². The number of rotatable bonds is 2. The minimum Gasteiger partial charge on any atom is -0.748 e. The van der Waals surface area contributed by atoms with Crippen LogP contribution in [-0.2, 0) is 15.6 Å². The van der Waals surface area contributed by atoms with Crippen LogP contribution in [0.5, 0.6) is 0 Å². The number of hydroxylamine groups is 2. The molecule has 7 heavy (non-hydrogen) atoms. The standard InChI is InChI=1S/C2H7NO3S/c1-3(2)6-7(4)5/h1-2H3,(H,4,5)/p-1. The predicted molar refractivity (Wildman–Crippen MR) is 23.7 cm³/mol. The monoisotopic (exact) mass is 124 g/mol. The molecule has 1 atom stereocenters. The fourth-order valence-electron chi connectivity index (χ4n) is 0.122. The van der Waals surface area contributed by atoms with Gasteiger partial charge >= 0.3 is 0 Å². The summed E-state index contributed by atoms with van der Waals surface area (Å²) in [5, 5.41) is 1.09. The van der Waals surface area contributed by atoms with E-state index < -0.39 is 11.4 Å². The lowest BCUT2D eigenvalue weighted by atomic mass is 11.2.